The number of fused-ring (bicyclic) bond motifs is 1. The second-order valence-electron chi connectivity index (χ2n) is 6.03. The molecule has 1 saturated heterocycles. The zero-order valence-corrected chi connectivity index (χ0v) is 14.9. The number of nitrogens with zero attached hydrogens (tertiary/aromatic N) is 1. The second-order valence-corrected chi connectivity index (χ2v) is 8.01. The fourth-order valence-electron chi connectivity index (χ4n) is 2.78. The van der Waals surface area contributed by atoms with Crippen molar-refractivity contribution in [1.29, 1.82) is 0 Å². The highest BCUT2D eigenvalue weighted by Gasteiger charge is 2.26. The van der Waals surface area contributed by atoms with Gasteiger partial charge in [0, 0.05) is 25.0 Å². The van der Waals surface area contributed by atoms with Crippen LogP contribution < -0.4 is 10.6 Å². The van der Waals surface area contributed by atoms with Gasteiger partial charge >= 0.3 is 6.03 Å². The van der Waals surface area contributed by atoms with Gasteiger partial charge in [0.15, 0.2) is 5.58 Å². The summed E-state index contributed by atoms with van der Waals surface area (Å²) in [6.07, 6.45) is 0.789. The SMILES string of the molecule is Cc1cc2cccc(NC(=O)NC[C@H]3CN(S(C)(=O)=O)CCO3)c2o1. The van der Waals surface area contributed by atoms with Crippen LogP contribution in [0.4, 0.5) is 10.5 Å². The lowest BCUT2D eigenvalue weighted by Gasteiger charge is -2.31. The van der Waals surface area contributed by atoms with Crippen molar-refractivity contribution in [2.24, 2.45) is 0 Å². The molecule has 1 fully saturated rings. The highest BCUT2D eigenvalue weighted by molar-refractivity contribution is 7.88. The van der Waals surface area contributed by atoms with Crippen LogP contribution in [0, 0.1) is 6.92 Å². The summed E-state index contributed by atoms with van der Waals surface area (Å²) in [7, 11) is -3.26. The predicted octanol–water partition coefficient (Wildman–Crippen LogP) is 1.52. The Kier molecular flexibility index (Phi) is 4.98. The number of hydrogen-bond acceptors (Lipinski definition) is 5. The molecule has 0 unspecified atom stereocenters. The Labute approximate surface area is 146 Å². The minimum Gasteiger partial charge on any atom is -0.459 e. The molecular formula is C16H21N3O5S. The van der Waals surface area contributed by atoms with Gasteiger partial charge in [-0.1, -0.05) is 12.1 Å². The number of para-hydroxylation sites is 1. The zero-order valence-electron chi connectivity index (χ0n) is 14.1. The van der Waals surface area contributed by atoms with Crippen LogP contribution in [-0.2, 0) is 14.8 Å². The summed E-state index contributed by atoms with van der Waals surface area (Å²) in [5.41, 5.74) is 1.19. The van der Waals surface area contributed by atoms with E-state index in [-0.39, 0.29) is 19.2 Å². The number of carbonyl (C=O) groups excluding carboxylic acids is 1. The lowest BCUT2D eigenvalue weighted by molar-refractivity contribution is 0.00167. The molecule has 3 rings (SSSR count). The average Bonchev–Trinajstić information content (AvgIpc) is 2.94. The third-order valence-corrected chi connectivity index (χ3v) is 5.25. The van der Waals surface area contributed by atoms with E-state index >= 15 is 0 Å². The molecule has 2 N–H and O–H groups in total. The molecule has 0 radical (unpaired) electrons. The molecule has 1 atom stereocenters. The second kappa shape index (κ2) is 7.03. The van der Waals surface area contributed by atoms with Crippen LogP contribution >= 0.6 is 0 Å². The number of sulfonamides is 1. The number of morpholine rings is 1. The van der Waals surface area contributed by atoms with Gasteiger partial charge < -0.3 is 19.8 Å². The van der Waals surface area contributed by atoms with Gasteiger partial charge in [0.25, 0.3) is 0 Å². The van der Waals surface area contributed by atoms with Crippen molar-refractivity contribution in [1.82, 2.24) is 9.62 Å². The number of amides is 2. The molecule has 8 nitrogen and oxygen atoms in total. The summed E-state index contributed by atoms with van der Waals surface area (Å²) in [6.45, 7) is 2.93. The van der Waals surface area contributed by atoms with Crippen LogP contribution in [0.3, 0.4) is 0 Å². The Morgan fingerprint density at radius 1 is 1.40 bits per heavy atom. The Morgan fingerprint density at radius 3 is 2.96 bits per heavy atom. The Balaban J connectivity index is 1.57. The molecule has 1 aromatic carbocycles. The summed E-state index contributed by atoms with van der Waals surface area (Å²) in [5.74, 6) is 0.765. The minimum absolute atomic E-state index is 0.213. The monoisotopic (exact) mass is 367 g/mol. The highest BCUT2D eigenvalue weighted by atomic mass is 32.2. The van der Waals surface area contributed by atoms with Gasteiger partial charge in [-0.2, -0.15) is 4.31 Å². The van der Waals surface area contributed by atoms with Crippen LogP contribution in [0.15, 0.2) is 28.7 Å². The number of urea groups is 1. The van der Waals surface area contributed by atoms with E-state index in [1.54, 1.807) is 6.07 Å². The molecule has 0 bridgehead atoms. The Hall–Kier alpha value is -2.10. The molecule has 2 aromatic rings. The quantitative estimate of drug-likeness (QED) is 0.853. The fraction of sp³-hybridized carbons (Fsp3) is 0.438. The average molecular weight is 367 g/mol. The van der Waals surface area contributed by atoms with Gasteiger partial charge in [-0.15, -0.1) is 0 Å². The zero-order chi connectivity index (χ0) is 18.0. The van der Waals surface area contributed by atoms with Gasteiger partial charge in [-0.3, -0.25) is 0 Å². The van der Waals surface area contributed by atoms with Crippen molar-refractivity contribution in [3.63, 3.8) is 0 Å². The largest absolute Gasteiger partial charge is 0.459 e. The Bertz CT molecular complexity index is 877. The van der Waals surface area contributed by atoms with Crippen LogP contribution in [0.5, 0.6) is 0 Å². The first-order valence-corrected chi connectivity index (χ1v) is 9.78. The number of rotatable bonds is 4. The van der Waals surface area contributed by atoms with Crippen molar-refractivity contribution in [3.8, 4) is 0 Å². The summed E-state index contributed by atoms with van der Waals surface area (Å²) < 4.78 is 35.7. The fourth-order valence-corrected chi connectivity index (χ4v) is 3.62. The Morgan fingerprint density at radius 2 is 2.20 bits per heavy atom. The first kappa shape index (κ1) is 17.7. The lowest BCUT2D eigenvalue weighted by atomic mass is 10.2. The number of carbonyl (C=O) groups is 1. The molecule has 1 aliphatic rings. The van der Waals surface area contributed by atoms with Crippen LogP contribution in [-0.4, -0.2) is 57.4 Å². The van der Waals surface area contributed by atoms with E-state index < -0.39 is 16.1 Å². The molecule has 2 heterocycles. The van der Waals surface area contributed by atoms with E-state index in [1.807, 2.05) is 25.1 Å². The third-order valence-electron chi connectivity index (χ3n) is 3.98. The normalized spacial score (nSPS) is 19.0. The molecule has 0 spiro atoms. The maximum atomic E-state index is 12.1. The van der Waals surface area contributed by atoms with Crippen LogP contribution in [0.1, 0.15) is 5.76 Å². The number of furan rings is 1. The molecule has 136 valence electrons. The van der Waals surface area contributed by atoms with Gasteiger partial charge in [0.2, 0.25) is 10.0 Å². The summed E-state index contributed by atoms with van der Waals surface area (Å²) in [6, 6.07) is 6.99. The lowest BCUT2D eigenvalue weighted by Crippen LogP contribution is -2.49. The topological polar surface area (TPSA) is 101 Å². The van der Waals surface area contributed by atoms with Crippen molar-refractivity contribution in [2.75, 3.05) is 37.8 Å². The predicted molar refractivity (Wildman–Crippen MR) is 94.1 cm³/mol. The van der Waals surface area contributed by atoms with E-state index in [2.05, 4.69) is 10.6 Å². The van der Waals surface area contributed by atoms with E-state index in [0.29, 0.717) is 24.4 Å². The van der Waals surface area contributed by atoms with Gasteiger partial charge in [0.1, 0.15) is 5.76 Å². The van der Waals surface area contributed by atoms with E-state index in [4.69, 9.17) is 9.15 Å². The molecule has 1 aliphatic heterocycles. The van der Waals surface area contributed by atoms with Crippen molar-refractivity contribution >= 4 is 32.7 Å². The minimum atomic E-state index is -3.26. The molecule has 0 saturated carbocycles. The van der Waals surface area contributed by atoms with Crippen molar-refractivity contribution < 1.29 is 22.4 Å². The molecular weight excluding hydrogens is 346 g/mol. The van der Waals surface area contributed by atoms with Gasteiger partial charge in [-0.05, 0) is 19.1 Å². The van der Waals surface area contributed by atoms with Crippen LogP contribution in [0.2, 0.25) is 0 Å². The van der Waals surface area contributed by atoms with E-state index in [1.165, 1.54) is 10.6 Å². The molecule has 1 aromatic heterocycles. The summed E-state index contributed by atoms with van der Waals surface area (Å²) >= 11 is 0. The number of aryl methyl sites for hydroxylation is 1. The smallest absolute Gasteiger partial charge is 0.319 e. The third kappa shape index (κ3) is 4.30. The standard InChI is InChI=1S/C16H21N3O5S/c1-11-8-12-4-3-5-14(15(12)24-11)18-16(20)17-9-13-10-19(6-7-23-13)25(2,21)22/h3-5,8,13H,6-7,9-10H2,1-2H3,(H2,17,18,20)/t13-/m0/s1. The first-order chi connectivity index (χ1) is 11.8. The van der Waals surface area contributed by atoms with Crippen molar-refractivity contribution in [2.45, 2.75) is 13.0 Å². The number of benzene rings is 1. The number of ether oxygens (including phenoxy) is 1. The number of anilines is 1. The number of hydrogen-bond donors (Lipinski definition) is 2. The maximum Gasteiger partial charge on any atom is 0.319 e. The number of nitrogens with one attached hydrogen (secondary N) is 2. The molecule has 9 heteroatoms. The maximum absolute atomic E-state index is 12.1. The summed E-state index contributed by atoms with van der Waals surface area (Å²) in [4.78, 5) is 12.1. The van der Waals surface area contributed by atoms with Crippen LogP contribution in [0.25, 0.3) is 11.0 Å². The molecule has 2 amide bonds. The summed E-state index contributed by atoms with van der Waals surface area (Å²) in [5, 5.41) is 6.37. The molecule has 25 heavy (non-hydrogen) atoms. The molecule has 0 aliphatic carbocycles. The van der Waals surface area contributed by atoms with Gasteiger partial charge in [0.05, 0.1) is 24.7 Å². The van der Waals surface area contributed by atoms with Gasteiger partial charge in [-0.25, -0.2) is 13.2 Å². The van der Waals surface area contributed by atoms with E-state index in [0.717, 1.165) is 11.1 Å². The first-order valence-electron chi connectivity index (χ1n) is 7.93. The highest BCUT2D eigenvalue weighted by Crippen LogP contribution is 2.26. The van der Waals surface area contributed by atoms with Crippen molar-refractivity contribution in [3.05, 3.63) is 30.0 Å². The van der Waals surface area contributed by atoms with E-state index in [9.17, 15) is 13.2 Å².